The average Bonchev–Trinajstić information content (AvgIpc) is 2.35. The molecule has 0 aliphatic carbocycles. The molecule has 22 heavy (non-hydrogen) atoms. The molecular formula is C13H19NO6S2. The third kappa shape index (κ3) is 4.79. The lowest BCUT2D eigenvalue weighted by molar-refractivity contribution is -0.137. The summed E-state index contributed by atoms with van der Waals surface area (Å²) in [4.78, 5) is 10.3. The van der Waals surface area contributed by atoms with E-state index in [1.807, 2.05) is 0 Å². The van der Waals surface area contributed by atoms with Gasteiger partial charge in [0, 0.05) is 19.2 Å². The minimum atomic E-state index is -3.90. The number of nitrogens with one attached hydrogen (secondary N) is 1. The second kappa shape index (κ2) is 6.76. The van der Waals surface area contributed by atoms with Crippen LogP contribution in [-0.2, 0) is 24.7 Å². The van der Waals surface area contributed by atoms with Crippen LogP contribution in [0, 0.1) is 13.8 Å². The molecule has 0 saturated heterocycles. The van der Waals surface area contributed by atoms with E-state index in [1.54, 1.807) is 6.92 Å². The first-order valence-corrected chi connectivity index (χ1v) is 9.85. The van der Waals surface area contributed by atoms with Crippen molar-refractivity contribution in [2.45, 2.75) is 36.5 Å². The van der Waals surface area contributed by atoms with Crippen molar-refractivity contribution in [1.82, 2.24) is 4.72 Å². The van der Waals surface area contributed by atoms with Crippen molar-refractivity contribution >= 4 is 25.8 Å². The Balaban J connectivity index is 3.15. The van der Waals surface area contributed by atoms with Crippen LogP contribution in [0.2, 0.25) is 0 Å². The van der Waals surface area contributed by atoms with Gasteiger partial charge in [0.25, 0.3) is 0 Å². The number of carboxylic acids is 1. The molecule has 9 heteroatoms. The van der Waals surface area contributed by atoms with Gasteiger partial charge >= 0.3 is 5.97 Å². The first kappa shape index (κ1) is 18.6. The minimum Gasteiger partial charge on any atom is -0.481 e. The van der Waals surface area contributed by atoms with Crippen LogP contribution in [-0.4, -0.2) is 40.7 Å². The lowest BCUT2D eigenvalue weighted by Crippen LogP contribution is -2.26. The highest BCUT2D eigenvalue weighted by molar-refractivity contribution is 7.91. The van der Waals surface area contributed by atoms with Crippen LogP contribution in [0.25, 0.3) is 0 Å². The van der Waals surface area contributed by atoms with Crippen molar-refractivity contribution in [2.75, 3.05) is 12.8 Å². The largest absolute Gasteiger partial charge is 0.481 e. The summed E-state index contributed by atoms with van der Waals surface area (Å²) in [5.74, 6) is -1.01. The molecule has 2 N–H and O–H groups in total. The molecule has 0 saturated carbocycles. The van der Waals surface area contributed by atoms with Gasteiger partial charge in [-0.1, -0.05) is 0 Å². The van der Waals surface area contributed by atoms with Crippen molar-refractivity contribution in [3.63, 3.8) is 0 Å². The fourth-order valence-electron chi connectivity index (χ4n) is 1.98. The van der Waals surface area contributed by atoms with E-state index >= 15 is 0 Å². The first-order valence-electron chi connectivity index (χ1n) is 6.48. The Kier molecular flexibility index (Phi) is 5.71. The van der Waals surface area contributed by atoms with E-state index in [1.165, 1.54) is 19.1 Å². The number of sulfonamides is 1. The molecule has 0 atom stereocenters. The molecular weight excluding hydrogens is 330 g/mol. The van der Waals surface area contributed by atoms with Gasteiger partial charge in [-0.25, -0.2) is 21.6 Å². The van der Waals surface area contributed by atoms with Crippen LogP contribution >= 0.6 is 0 Å². The molecule has 0 unspecified atom stereocenters. The zero-order chi connectivity index (χ0) is 17.1. The van der Waals surface area contributed by atoms with E-state index in [9.17, 15) is 21.6 Å². The van der Waals surface area contributed by atoms with Crippen molar-refractivity contribution < 1.29 is 26.7 Å². The van der Waals surface area contributed by atoms with Crippen molar-refractivity contribution in [2.24, 2.45) is 0 Å². The summed E-state index contributed by atoms with van der Waals surface area (Å²) in [5, 5.41) is 8.52. The molecule has 124 valence electrons. The molecule has 0 aromatic heterocycles. The molecule has 0 bridgehead atoms. The zero-order valence-corrected chi connectivity index (χ0v) is 14.2. The van der Waals surface area contributed by atoms with Gasteiger partial charge in [0.2, 0.25) is 10.0 Å². The first-order chi connectivity index (χ1) is 9.95. The summed E-state index contributed by atoms with van der Waals surface area (Å²) in [6.07, 6.45) is 1.02. The van der Waals surface area contributed by atoms with Gasteiger partial charge in [0.15, 0.2) is 9.84 Å². The zero-order valence-electron chi connectivity index (χ0n) is 12.6. The smallest absolute Gasteiger partial charge is 0.303 e. The van der Waals surface area contributed by atoms with Crippen molar-refractivity contribution in [3.8, 4) is 0 Å². The number of aryl methyl sites for hydroxylation is 1. The molecule has 0 spiro atoms. The lowest BCUT2D eigenvalue weighted by Gasteiger charge is -2.13. The normalized spacial score (nSPS) is 12.3. The molecule has 0 aliphatic rings. The van der Waals surface area contributed by atoms with E-state index in [4.69, 9.17) is 5.11 Å². The Morgan fingerprint density at radius 2 is 1.68 bits per heavy atom. The van der Waals surface area contributed by atoms with E-state index in [2.05, 4.69) is 4.72 Å². The third-order valence-electron chi connectivity index (χ3n) is 3.01. The number of sulfone groups is 1. The van der Waals surface area contributed by atoms with Crippen LogP contribution in [0.3, 0.4) is 0 Å². The van der Waals surface area contributed by atoms with E-state index < -0.39 is 25.8 Å². The number of carboxylic acid groups (broad SMARTS) is 1. The molecule has 0 heterocycles. The average molecular weight is 349 g/mol. The van der Waals surface area contributed by atoms with Gasteiger partial charge in [-0.15, -0.1) is 0 Å². The Bertz CT molecular complexity index is 781. The monoisotopic (exact) mass is 349 g/mol. The van der Waals surface area contributed by atoms with Crippen LogP contribution < -0.4 is 4.72 Å². The van der Waals surface area contributed by atoms with Crippen LogP contribution in [0.4, 0.5) is 0 Å². The number of hydrogen-bond donors (Lipinski definition) is 2. The Morgan fingerprint density at radius 1 is 1.14 bits per heavy atom. The summed E-state index contributed by atoms with van der Waals surface area (Å²) >= 11 is 0. The van der Waals surface area contributed by atoms with Gasteiger partial charge in [0.1, 0.15) is 0 Å². The number of carbonyl (C=O) groups is 1. The van der Waals surface area contributed by atoms with Crippen LogP contribution in [0.5, 0.6) is 0 Å². The second-order valence-corrected chi connectivity index (χ2v) is 8.77. The molecule has 0 radical (unpaired) electrons. The van der Waals surface area contributed by atoms with Crippen molar-refractivity contribution in [1.29, 1.82) is 0 Å². The standard InChI is InChI=1S/C13H19NO6S2/c1-9-7-11(21(3,17)18)10(2)12(8-9)22(19,20)14-6-4-5-13(15)16/h7-8,14H,4-6H2,1-3H3,(H,15,16). The lowest BCUT2D eigenvalue weighted by atomic mass is 10.2. The summed E-state index contributed by atoms with van der Waals surface area (Å²) in [6, 6.07) is 2.82. The molecule has 1 aromatic carbocycles. The van der Waals surface area contributed by atoms with Gasteiger partial charge in [-0.2, -0.15) is 0 Å². The van der Waals surface area contributed by atoms with Crippen molar-refractivity contribution in [3.05, 3.63) is 23.3 Å². The molecule has 0 fully saturated rings. The highest BCUT2D eigenvalue weighted by atomic mass is 32.2. The summed E-state index contributed by atoms with van der Waals surface area (Å²) in [7, 11) is -7.45. The number of hydrogen-bond acceptors (Lipinski definition) is 5. The van der Waals surface area contributed by atoms with Crippen LogP contribution in [0.1, 0.15) is 24.0 Å². The second-order valence-electron chi connectivity index (χ2n) is 5.05. The molecule has 0 aliphatic heterocycles. The fraction of sp³-hybridized carbons (Fsp3) is 0.462. The predicted octanol–water partition coefficient (Wildman–Crippen LogP) is 0.850. The fourth-order valence-corrected chi connectivity index (χ4v) is 4.53. The molecule has 0 amide bonds. The number of rotatable bonds is 7. The quantitative estimate of drug-likeness (QED) is 0.705. The van der Waals surface area contributed by atoms with Gasteiger partial charge < -0.3 is 5.11 Å². The minimum absolute atomic E-state index is 0.0292. The topological polar surface area (TPSA) is 118 Å². The molecule has 1 aromatic rings. The SMILES string of the molecule is Cc1cc(S(C)(=O)=O)c(C)c(S(=O)(=O)NCCCC(=O)O)c1. The van der Waals surface area contributed by atoms with Gasteiger partial charge in [-0.3, -0.25) is 4.79 Å². The van der Waals surface area contributed by atoms with Gasteiger partial charge in [0.05, 0.1) is 9.79 Å². The van der Waals surface area contributed by atoms with Crippen LogP contribution in [0.15, 0.2) is 21.9 Å². The Morgan fingerprint density at radius 3 is 2.18 bits per heavy atom. The number of benzene rings is 1. The Labute approximate surface area is 130 Å². The highest BCUT2D eigenvalue weighted by Gasteiger charge is 2.22. The van der Waals surface area contributed by atoms with E-state index in [-0.39, 0.29) is 34.7 Å². The third-order valence-corrected chi connectivity index (χ3v) is 5.82. The maximum Gasteiger partial charge on any atom is 0.303 e. The summed E-state index contributed by atoms with van der Waals surface area (Å²) in [5.41, 5.74) is 0.663. The number of aliphatic carboxylic acids is 1. The van der Waals surface area contributed by atoms with Gasteiger partial charge in [-0.05, 0) is 43.5 Å². The maximum absolute atomic E-state index is 12.3. The summed E-state index contributed by atoms with van der Waals surface area (Å²) < 4.78 is 50.3. The summed E-state index contributed by atoms with van der Waals surface area (Å²) in [6.45, 7) is 3.01. The predicted molar refractivity (Wildman–Crippen MR) is 81.1 cm³/mol. The van der Waals surface area contributed by atoms with E-state index in [0.717, 1.165) is 6.26 Å². The highest BCUT2D eigenvalue weighted by Crippen LogP contribution is 2.24. The molecule has 1 rings (SSSR count). The molecule has 7 nitrogen and oxygen atoms in total. The Hall–Kier alpha value is -1.45. The maximum atomic E-state index is 12.3. The van der Waals surface area contributed by atoms with E-state index in [0.29, 0.717) is 5.56 Å².